The standard InChI is InChI=1S/C47H83O17P/c1-3-5-7-8-9-10-11-12-13-14-15-16-17-18-20-25-40(52)61-31-35-32-62-65(59,60)64-47-45(57)42(54)36(28-27-33(48)23-19-6-4-2)38(50)30-39(51)37(43(55)44(56)46(47)58)29-34(49)24-21-22-26-41(53)63-35/h10-11,27-28,33,35-39,42-48,50-51,54-58H,3-9,12-26,29-32H2,1-2H3,(H,59,60)/b11-10-,28-27+/t33-,35+,36-,37-,38+,39-,42+,43+,44-,45+,46+,47+/m0/s1. The molecule has 1 saturated carbocycles. The van der Waals surface area contributed by atoms with Crippen molar-refractivity contribution < 1.29 is 83.2 Å². The molecule has 18 heteroatoms. The van der Waals surface area contributed by atoms with Crippen LogP contribution in [0, 0.1) is 11.8 Å². The Morgan fingerprint density at radius 2 is 1.34 bits per heavy atom. The van der Waals surface area contributed by atoms with E-state index in [1.165, 1.54) is 37.8 Å². The number of phosphoric acid groups is 1. The minimum atomic E-state index is -5.49. The van der Waals surface area contributed by atoms with Gasteiger partial charge in [-0.3, -0.25) is 23.4 Å². The molecule has 378 valence electrons. The minimum absolute atomic E-state index is 0.0781. The molecule has 0 radical (unpaired) electrons. The Labute approximate surface area is 386 Å². The van der Waals surface area contributed by atoms with Crippen molar-refractivity contribution in [2.45, 2.75) is 229 Å². The van der Waals surface area contributed by atoms with Crippen molar-refractivity contribution in [3.63, 3.8) is 0 Å². The SMILES string of the molecule is CCCCCC/C=C\CCCCCCCCCC(=O)OC[C@@H]1COP(=O)(O)O[C@H]2[C@H](O)[C@@H](O)[C@H](O)[C@@H](CC(=O)CCCCC(=O)O1)[C@@H](O)C[C@@H](O)[C@H](/C=C/[C@@H](O)CCCCC)[C@@H](O)[C@H]2O. The topological polar surface area (TPSA) is 287 Å². The van der Waals surface area contributed by atoms with Gasteiger partial charge in [-0.05, 0) is 51.4 Å². The van der Waals surface area contributed by atoms with Crippen molar-refractivity contribution >= 4 is 25.5 Å². The van der Waals surface area contributed by atoms with Crippen LogP contribution in [0.4, 0.5) is 0 Å². The minimum Gasteiger partial charge on any atom is -0.462 e. The van der Waals surface area contributed by atoms with Crippen LogP contribution in [-0.2, 0) is 37.5 Å². The van der Waals surface area contributed by atoms with E-state index in [9.17, 15) is 64.7 Å². The Bertz CT molecular complexity index is 1430. The van der Waals surface area contributed by atoms with Crippen molar-refractivity contribution in [2.75, 3.05) is 13.2 Å². The molecule has 9 N–H and O–H groups in total. The Morgan fingerprint density at radius 1 is 0.754 bits per heavy atom. The fourth-order valence-corrected chi connectivity index (χ4v) is 9.14. The summed E-state index contributed by atoms with van der Waals surface area (Å²) in [5.74, 6) is -5.00. The normalized spacial score (nSPS) is 32.3. The van der Waals surface area contributed by atoms with E-state index in [4.69, 9.17) is 18.5 Å². The van der Waals surface area contributed by atoms with E-state index in [1.807, 2.05) is 6.92 Å². The number of hydrogen-bond donors (Lipinski definition) is 9. The van der Waals surface area contributed by atoms with Crippen LogP contribution in [0.1, 0.15) is 168 Å². The number of ether oxygens (including phenoxy) is 2. The number of carbonyl (C=O) groups is 3. The van der Waals surface area contributed by atoms with Gasteiger partial charge in [0.15, 0.2) is 6.10 Å². The maximum Gasteiger partial charge on any atom is 0.472 e. The highest BCUT2D eigenvalue weighted by atomic mass is 31.2. The fraction of sp³-hybridized carbons (Fsp3) is 0.851. The summed E-state index contributed by atoms with van der Waals surface area (Å²) in [6.45, 7) is 2.71. The van der Waals surface area contributed by atoms with Crippen molar-refractivity contribution in [3.8, 4) is 0 Å². The summed E-state index contributed by atoms with van der Waals surface area (Å²) in [6, 6.07) is 0. The number of unbranched alkanes of at least 4 members (excludes halogenated alkanes) is 13. The van der Waals surface area contributed by atoms with Gasteiger partial charge in [0.05, 0.1) is 37.1 Å². The first-order valence-electron chi connectivity index (χ1n) is 24.3. The molecule has 0 aromatic rings. The molecule has 1 unspecified atom stereocenters. The lowest BCUT2D eigenvalue weighted by Crippen LogP contribution is -2.56. The summed E-state index contributed by atoms with van der Waals surface area (Å²) < 4.78 is 34.6. The number of cyclic esters (lactones) is 1. The zero-order valence-electron chi connectivity index (χ0n) is 38.9. The molecule has 0 spiro atoms. The van der Waals surface area contributed by atoms with Gasteiger partial charge in [-0.15, -0.1) is 0 Å². The molecule has 2 fully saturated rings. The number of hydrogen-bond acceptors (Lipinski definition) is 16. The summed E-state index contributed by atoms with van der Waals surface area (Å²) >= 11 is 0. The Hall–Kier alpha value is -2.12. The number of aliphatic hydroxyl groups excluding tert-OH is 8. The maximum atomic E-state index is 13.5. The van der Waals surface area contributed by atoms with E-state index in [-0.39, 0.29) is 32.1 Å². The van der Waals surface area contributed by atoms with Crippen molar-refractivity contribution in [2.24, 2.45) is 11.8 Å². The number of fused-ring (bicyclic) bond motifs is 4. The monoisotopic (exact) mass is 951 g/mol. The van der Waals surface area contributed by atoms with Gasteiger partial charge in [0.2, 0.25) is 0 Å². The quantitative estimate of drug-likeness (QED) is 0.0276. The maximum absolute atomic E-state index is 13.5. The number of ketones is 1. The number of phosphoric ester groups is 1. The molecule has 2 rings (SSSR count). The number of carbonyl (C=O) groups excluding carboxylic acids is 3. The fourth-order valence-electron chi connectivity index (χ4n) is 8.17. The second-order valence-electron chi connectivity index (χ2n) is 17.9. The zero-order valence-corrected chi connectivity index (χ0v) is 39.8. The molecule has 1 heterocycles. The van der Waals surface area contributed by atoms with Gasteiger partial charge in [0.1, 0.15) is 36.8 Å². The Balaban J connectivity index is 2.17. The molecule has 1 saturated heterocycles. The molecular formula is C47H83O17P. The van der Waals surface area contributed by atoms with Crippen molar-refractivity contribution in [1.29, 1.82) is 0 Å². The van der Waals surface area contributed by atoms with Gasteiger partial charge in [0.25, 0.3) is 0 Å². The first-order chi connectivity index (χ1) is 31.0. The molecule has 0 aromatic heterocycles. The summed E-state index contributed by atoms with van der Waals surface area (Å²) in [4.78, 5) is 49.6. The number of allylic oxidation sites excluding steroid dienone is 2. The summed E-state index contributed by atoms with van der Waals surface area (Å²) in [5.41, 5.74) is 0. The van der Waals surface area contributed by atoms with Gasteiger partial charge in [0, 0.05) is 43.9 Å². The molecule has 13 atom stereocenters. The average molecular weight is 951 g/mol. The zero-order chi connectivity index (χ0) is 48.2. The van der Waals surface area contributed by atoms with Crippen LogP contribution in [-0.4, -0.2) is 138 Å². The Kier molecular flexibility index (Phi) is 30.3. The van der Waals surface area contributed by atoms with Gasteiger partial charge in [-0.1, -0.05) is 109 Å². The first kappa shape index (κ1) is 59.0. The highest BCUT2D eigenvalue weighted by Gasteiger charge is 2.49. The third-order valence-electron chi connectivity index (χ3n) is 12.2. The molecule has 1 aliphatic carbocycles. The van der Waals surface area contributed by atoms with E-state index in [2.05, 4.69) is 19.1 Å². The van der Waals surface area contributed by atoms with Crippen LogP contribution >= 0.6 is 7.82 Å². The van der Waals surface area contributed by atoms with E-state index in [1.54, 1.807) is 0 Å². The van der Waals surface area contributed by atoms with Gasteiger partial charge < -0.3 is 55.2 Å². The van der Waals surface area contributed by atoms with E-state index in [0.717, 1.165) is 64.2 Å². The molecule has 2 aliphatic rings. The van der Waals surface area contributed by atoms with E-state index in [0.29, 0.717) is 19.3 Å². The highest BCUT2D eigenvalue weighted by molar-refractivity contribution is 7.47. The van der Waals surface area contributed by atoms with Crippen LogP contribution in [0.5, 0.6) is 0 Å². The van der Waals surface area contributed by atoms with E-state index >= 15 is 0 Å². The average Bonchev–Trinajstić information content (AvgIpc) is 3.27. The van der Waals surface area contributed by atoms with Crippen LogP contribution in [0.25, 0.3) is 0 Å². The van der Waals surface area contributed by atoms with Crippen LogP contribution in [0.3, 0.4) is 0 Å². The van der Waals surface area contributed by atoms with Gasteiger partial charge in [-0.2, -0.15) is 0 Å². The number of rotatable bonds is 23. The predicted molar refractivity (Wildman–Crippen MR) is 242 cm³/mol. The molecule has 0 amide bonds. The number of Topliss-reactive ketones (excluding diaryl/α,β-unsaturated/α-hetero) is 1. The predicted octanol–water partition coefficient (Wildman–Crippen LogP) is 5.17. The van der Waals surface area contributed by atoms with Crippen molar-refractivity contribution in [1.82, 2.24) is 0 Å². The third-order valence-corrected chi connectivity index (χ3v) is 13.2. The number of esters is 2. The van der Waals surface area contributed by atoms with Gasteiger partial charge in [-0.25, -0.2) is 4.57 Å². The second kappa shape index (κ2) is 33.4. The Morgan fingerprint density at radius 3 is 2.00 bits per heavy atom. The third kappa shape index (κ3) is 24.1. The highest BCUT2D eigenvalue weighted by Crippen LogP contribution is 2.47. The summed E-state index contributed by atoms with van der Waals surface area (Å²) in [6.07, 6.45) is 2.54. The van der Waals surface area contributed by atoms with Crippen LogP contribution < -0.4 is 0 Å². The first-order valence-corrected chi connectivity index (χ1v) is 25.8. The smallest absolute Gasteiger partial charge is 0.462 e. The number of aliphatic hydroxyl groups is 8. The lowest BCUT2D eigenvalue weighted by atomic mass is 9.82. The van der Waals surface area contributed by atoms with Crippen LogP contribution in [0.15, 0.2) is 24.3 Å². The van der Waals surface area contributed by atoms with Crippen molar-refractivity contribution in [3.05, 3.63) is 24.3 Å². The summed E-state index contributed by atoms with van der Waals surface area (Å²) in [7, 11) is -5.49. The molecule has 0 aromatic carbocycles. The lowest BCUT2D eigenvalue weighted by Gasteiger charge is -2.37. The molecule has 2 bridgehead atoms. The lowest BCUT2D eigenvalue weighted by molar-refractivity contribution is -0.168. The molecule has 1 aliphatic heterocycles. The van der Waals surface area contributed by atoms with Crippen LogP contribution in [0.2, 0.25) is 0 Å². The molecule has 17 nitrogen and oxygen atoms in total. The largest absolute Gasteiger partial charge is 0.472 e. The summed E-state index contributed by atoms with van der Waals surface area (Å²) in [5, 5.41) is 89.9. The van der Waals surface area contributed by atoms with Gasteiger partial charge >= 0.3 is 19.8 Å². The molecule has 65 heavy (non-hydrogen) atoms. The molecular weight excluding hydrogens is 867 g/mol. The second-order valence-corrected chi connectivity index (χ2v) is 19.3. The van der Waals surface area contributed by atoms with E-state index < -0.39 is 124 Å².